The molecular formula is C31H32F3N3O5S. The number of carbonyl (C=O) groups is 2. The Morgan fingerprint density at radius 2 is 1.58 bits per heavy atom. The number of hydrogen-bond acceptors (Lipinski definition) is 6. The van der Waals surface area contributed by atoms with Crippen molar-refractivity contribution in [1.82, 2.24) is 10.2 Å². The number of rotatable bonds is 10. The number of hydrogen-bond donors (Lipinski definition) is 1. The van der Waals surface area contributed by atoms with E-state index in [1.807, 2.05) is 36.4 Å². The van der Waals surface area contributed by atoms with Crippen LogP contribution in [0.15, 0.2) is 66.7 Å². The Hall–Kier alpha value is -3.90. The maximum Gasteiger partial charge on any atom is 0.534 e. The van der Waals surface area contributed by atoms with Crippen molar-refractivity contribution in [3.63, 3.8) is 0 Å². The molecule has 0 aromatic heterocycles. The lowest BCUT2D eigenvalue weighted by Crippen LogP contribution is -2.32. The summed E-state index contributed by atoms with van der Waals surface area (Å²) >= 11 is 0. The molecule has 5 rings (SSSR count). The van der Waals surface area contributed by atoms with Crippen LogP contribution < -0.4 is 14.4 Å². The maximum absolute atomic E-state index is 12.7. The number of halogens is 3. The van der Waals surface area contributed by atoms with Gasteiger partial charge in [-0.25, -0.2) is 0 Å². The van der Waals surface area contributed by atoms with E-state index in [0.717, 1.165) is 66.8 Å². The van der Waals surface area contributed by atoms with Crippen LogP contribution in [0.1, 0.15) is 47.2 Å². The Morgan fingerprint density at radius 1 is 0.884 bits per heavy atom. The van der Waals surface area contributed by atoms with Crippen LogP contribution in [0.25, 0.3) is 11.1 Å². The number of fused-ring (bicyclic) bond motifs is 1. The number of benzene rings is 3. The Labute approximate surface area is 248 Å². The van der Waals surface area contributed by atoms with Crippen LogP contribution in [0.5, 0.6) is 5.75 Å². The molecule has 1 N–H and O–H groups in total. The van der Waals surface area contributed by atoms with Crippen molar-refractivity contribution in [2.75, 3.05) is 31.1 Å². The molecule has 2 amide bonds. The molecule has 1 fully saturated rings. The van der Waals surface area contributed by atoms with Crippen LogP contribution in [0.3, 0.4) is 0 Å². The Balaban J connectivity index is 1.05. The van der Waals surface area contributed by atoms with Gasteiger partial charge in [-0.2, -0.15) is 21.6 Å². The summed E-state index contributed by atoms with van der Waals surface area (Å²) in [5.41, 5.74) is -0.387. The minimum Gasteiger partial charge on any atom is -0.376 e. The number of anilines is 1. The molecule has 2 aliphatic heterocycles. The molecule has 1 saturated heterocycles. The van der Waals surface area contributed by atoms with Crippen molar-refractivity contribution >= 4 is 27.6 Å². The Morgan fingerprint density at radius 3 is 2.23 bits per heavy atom. The summed E-state index contributed by atoms with van der Waals surface area (Å²) in [6, 6.07) is 19.4. The molecule has 3 aromatic rings. The third kappa shape index (κ3) is 7.37. The largest absolute Gasteiger partial charge is 0.534 e. The van der Waals surface area contributed by atoms with Crippen LogP contribution in [0.4, 0.5) is 18.9 Å². The lowest BCUT2D eigenvalue weighted by molar-refractivity contribution is -0.117. The zero-order valence-electron chi connectivity index (χ0n) is 23.4. The lowest BCUT2D eigenvalue weighted by Gasteiger charge is -2.29. The van der Waals surface area contributed by atoms with E-state index in [2.05, 4.69) is 14.4 Å². The predicted octanol–water partition coefficient (Wildman–Crippen LogP) is 5.28. The van der Waals surface area contributed by atoms with Crippen LogP contribution in [-0.2, 0) is 27.9 Å². The molecule has 0 radical (unpaired) electrons. The lowest BCUT2D eigenvalue weighted by atomic mass is 9.99. The van der Waals surface area contributed by atoms with Gasteiger partial charge in [-0.05, 0) is 90.9 Å². The van der Waals surface area contributed by atoms with E-state index in [1.54, 1.807) is 23.1 Å². The van der Waals surface area contributed by atoms with Crippen LogP contribution >= 0.6 is 0 Å². The van der Waals surface area contributed by atoms with Gasteiger partial charge < -0.3 is 14.4 Å². The number of carbonyl (C=O) groups excluding carboxylic acids is 2. The molecule has 3 aromatic carbocycles. The SMILES string of the molecule is O=C(NCCCCN1CCc2ccc(OS(=O)(=O)C(F)(F)F)cc2C1)c1ccc(-c2ccc(N3CCCC3=O)cc2)cc1. The minimum absolute atomic E-state index is 0.150. The summed E-state index contributed by atoms with van der Waals surface area (Å²) in [6.07, 6.45) is 3.70. The summed E-state index contributed by atoms with van der Waals surface area (Å²) < 4.78 is 64.9. The Kier molecular flexibility index (Phi) is 9.07. The van der Waals surface area contributed by atoms with Crippen molar-refractivity contribution in [3.05, 3.63) is 83.4 Å². The molecule has 0 saturated carbocycles. The van der Waals surface area contributed by atoms with Crippen molar-refractivity contribution in [2.45, 2.75) is 44.2 Å². The summed E-state index contributed by atoms with van der Waals surface area (Å²) in [4.78, 5) is 28.5. The Bertz CT molecular complexity index is 1580. The first-order chi connectivity index (χ1) is 20.5. The fraction of sp³-hybridized carbons (Fsp3) is 0.355. The number of unbranched alkanes of at least 4 members (excludes halogenated alkanes) is 1. The van der Waals surface area contributed by atoms with Gasteiger partial charge in [0.25, 0.3) is 5.91 Å². The van der Waals surface area contributed by atoms with Gasteiger partial charge in [0.1, 0.15) is 5.75 Å². The highest BCUT2D eigenvalue weighted by molar-refractivity contribution is 7.88. The molecule has 0 bridgehead atoms. The van der Waals surface area contributed by atoms with Gasteiger partial charge in [-0.3, -0.25) is 14.5 Å². The average molecular weight is 616 g/mol. The minimum atomic E-state index is -5.72. The third-order valence-electron chi connectivity index (χ3n) is 7.68. The molecule has 8 nitrogen and oxygen atoms in total. The fourth-order valence-corrected chi connectivity index (χ4v) is 5.79. The summed E-state index contributed by atoms with van der Waals surface area (Å²) in [5.74, 6) is -0.374. The molecule has 228 valence electrons. The number of amides is 2. The van der Waals surface area contributed by atoms with E-state index >= 15 is 0 Å². The zero-order valence-corrected chi connectivity index (χ0v) is 24.2. The highest BCUT2D eigenvalue weighted by atomic mass is 32.2. The second-order valence-electron chi connectivity index (χ2n) is 10.7. The second kappa shape index (κ2) is 12.8. The van der Waals surface area contributed by atoms with Crippen molar-refractivity contribution in [2.24, 2.45) is 0 Å². The van der Waals surface area contributed by atoms with Gasteiger partial charge in [0.2, 0.25) is 5.91 Å². The molecule has 0 spiro atoms. The average Bonchev–Trinajstić information content (AvgIpc) is 3.41. The smallest absolute Gasteiger partial charge is 0.376 e. The molecule has 2 heterocycles. The number of alkyl halides is 3. The van der Waals surface area contributed by atoms with Gasteiger partial charge >= 0.3 is 15.6 Å². The standard InChI is InChI=1S/C31H32F3N3O5S/c32-31(33,34)43(40,41)42-28-14-11-24-15-19-36(21-26(24)20-28)17-2-1-16-35-30(39)25-7-5-22(6-8-25)23-9-12-27(13-10-23)37-18-3-4-29(37)38/h5-14,20H,1-4,15-19,21H2,(H,35,39). The summed E-state index contributed by atoms with van der Waals surface area (Å²) in [6.45, 7) is 3.20. The summed E-state index contributed by atoms with van der Waals surface area (Å²) in [7, 11) is -5.72. The van der Waals surface area contributed by atoms with Crippen molar-refractivity contribution < 1.29 is 35.4 Å². The predicted molar refractivity (Wildman–Crippen MR) is 156 cm³/mol. The van der Waals surface area contributed by atoms with Crippen LogP contribution in [-0.4, -0.2) is 56.8 Å². The number of nitrogens with zero attached hydrogens (tertiary/aromatic N) is 2. The normalized spacial score (nSPS) is 15.8. The molecule has 0 atom stereocenters. The van der Waals surface area contributed by atoms with E-state index in [9.17, 15) is 31.2 Å². The molecule has 0 unspecified atom stereocenters. The van der Waals surface area contributed by atoms with Gasteiger partial charge in [0.15, 0.2) is 0 Å². The summed E-state index contributed by atoms with van der Waals surface area (Å²) in [5, 5.41) is 2.94. The zero-order chi connectivity index (χ0) is 30.6. The van der Waals surface area contributed by atoms with Crippen LogP contribution in [0.2, 0.25) is 0 Å². The fourth-order valence-electron chi connectivity index (χ4n) is 5.34. The highest BCUT2D eigenvalue weighted by Crippen LogP contribution is 2.30. The van der Waals surface area contributed by atoms with E-state index in [4.69, 9.17) is 0 Å². The van der Waals surface area contributed by atoms with Gasteiger partial charge in [0, 0.05) is 43.9 Å². The maximum atomic E-state index is 12.7. The van der Waals surface area contributed by atoms with E-state index < -0.39 is 15.6 Å². The van der Waals surface area contributed by atoms with Gasteiger partial charge in [-0.15, -0.1) is 0 Å². The highest BCUT2D eigenvalue weighted by Gasteiger charge is 2.48. The molecular weight excluding hydrogens is 583 g/mol. The van der Waals surface area contributed by atoms with E-state index in [1.165, 1.54) is 12.1 Å². The second-order valence-corrected chi connectivity index (χ2v) is 12.2. The molecule has 43 heavy (non-hydrogen) atoms. The molecule has 12 heteroatoms. The van der Waals surface area contributed by atoms with Crippen LogP contribution in [0, 0.1) is 0 Å². The van der Waals surface area contributed by atoms with Crippen molar-refractivity contribution in [3.8, 4) is 16.9 Å². The van der Waals surface area contributed by atoms with E-state index in [0.29, 0.717) is 31.5 Å². The van der Waals surface area contributed by atoms with Gasteiger partial charge in [-0.1, -0.05) is 30.3 Å². The topological polar surface area (TPSA) is 96.0 Å². The van der Waals surface area contributed by atoms with Gasteiger partial charge in [0.05, 0.1) is 0 Å². The molecule has 2 aliphatic rings. The van der Waals surface area contributed by atoms with E-state index in [-0.39, 0.29) is 17.6 Å². The first-order valence-corrected chi connectivity index (χ1v) is 15.5. The third-order valence-corrected chi connectivity index (χ3v) is 8.66. The molecule has 0 aliphatic carbocycles. The number of nitrogens with one attached hydrogen (secondary N) is 1. The first-order valence-electron chi connectivity index (χ1n) is 14.1. The monoisotopic (exact) mass is 615 g/mol. The van der Waals surface area contributed by atoms with Crippen molar-refractivity contribution in [1.29, 1.82) is 0 Å². The first kappa shape index (κ1) is 30.6. The quantitative estimate of drug-likeness (QED) is 0.190.